The summed E-state index contributed by atoms with van der Waals surface area (Å²) in [7, 11) is 1.87. The lowest BCUT2D eigenvalue weighted by Gasteiger charge is -2.07. The van der Waals surface area contributed by atoms with Crippen molar-refractivity contribution in [2.24, 2.45) is 0 Å². The van der Waals surface area contributed by atoms with Crippen molar-refractivity contribution in [3.8, 4) is 11.6 Å². The molecule has 0 saturated heterocycles. The summed E-state index contributed by atoms with van der Waals surface area (Å²) in [5.41, 5.74) is 1.50. The van der Waals surface area contributed by atoms with Gasteiger partial charge in [-0.15, -0.1) is 11.3 Å². The second-order valence-electron chi connectivity index (χ2n) is 4.46. The molecule has 2 aromatic heterocycles. The van der Waals surface area contributed by atoms with Crippen molar-refractivity contribution in [1.29, 1.82) is 0 Å². The molecule has 0 aliphatic heterocycles. The van der Waals surface area contributed by atoms with Crippen molar-refractivity contribution in [1.82, 2.24) is 14.7 Å². The molecule has 0 aliphatic carbocycles. The molecule has 0 unspecified atom stereocenters. The first-order valence-electron chi connectivity index (χ1n) is 6.22. The molecule has 0 saturated carbocycles. The van der Waals surface area contributed by atoms with E-state index in [1.807, 2.05) is 23.0 Å². The number of benzene rings is 1. The van der Waals surface area contributed by atoms with Gasteiger partial charge in [-0.1, -0.05) is 0 Å². The molecule has 0 fully saturated rings. The average molecular weight is 291 g/mol. The van der Waals surface area contributed by atoms with Crippen LogP contribution < -0.4 is 10.1 Å². The van der Waals surface area contributed by atoms with Crippen LogP contribution in [0.15, 0.2) is 29.8 Å². The van der Waals surface area contributed by atoms with Gasteiger partial charge in [0.1, 0.15) is 17.3 Å². The van der Waals surface area contributed by atoms with E-state index in [0.29, 0.717) is 23.7 Å². The highest BCUT2D eigenvalue weighted by Crippen LogP contribution is 2.28. The van der Waals surface area contributed by atoms with Crippen molar-refractivity contribution in [3.05, 3.63) is 46.9 Å². The number of hydrogen-bond donors (Lipinski definition) is 1. The SMILES string of the molecule is CNCc1c(Oc2ccc(F)c(C)c2)nc2sccn12. The van der Waals surface area contributed by atoms with E-state index in [4.69, 9.17) is 4.74 Å². The summed E-state index contributed by atoms with van der Waals surface area (Å²) in [6.07, 6.45) is 1.96. The largest absolute Gasteiger partial charge is 0.437 e. The number of thiazole rings is 1. The van der Waals surface area contributed by atoms with Crippen molar-refractivity contribution < 1.29 is 9.13 Å². The summed E-state index contributed by atoms with van der Waals surface area (Å²) in [6, 6.07) is 4.69. The summed E-state index contributed by atoms with van der Waals surface area (Å²) >= 11 is 1.55. The van der Waals surface area contributed by atoms with Gasteiger partial charge in [-0.2, -0.15) is 4.98 Å². The minimum atomic E-state index is -0.237. The van der Waals surface area contributed by atoms with Crippen molar-refractivity contribution in [2.75, 3.05) is 7.05 Å². The van der Waals surface area contributed by atoms with Gasteiger partial charge < -0.3 is 10.1 Å². The molecule has 0 spiro atoms. The highest BCUT2D eigenvalue weighted by Gasteiger charge is 2.14. The van der Waals surface area contributed by atoms with Gasteiger partial charge in [-0.25, -0.2) is 4.39 Å². The molecule has 0 aliphatic rings. The van der Waals surface area contributed by atoms with Gasteiger partial charge in [-0.05, 0) is 37.7 Å². The standard InChI is InChI=1S/C14H14FN3OS/c1-9-7-10(3-4-11(9)15)19-13-12(8-16-2)18-5-6-20-14(18)17-13/h3-7,16H,8H2,1-2H3. The van der Waals surface area contributed by atoms with Crippen LogP contribution in [0.25, 0.3) is 4.96 Å². The van der Waals surface area contributed by atoms with Gasteiger partial charge >= 0.3 is 0 Å². The molecular formula is C14H14FN3OS. The monoisotopic (exact) mass is 291 g/mol. The van der Waals surface area contributed by atoms with Gasteiger partial charge in [0.05, 0.1) is 0 Å². The number of aryl methyl sites for hydroxylation is 1. The normalized spacial score (nSPS) is 11.2. The van der Waals surface area contributed by atoms with Crippen LogP contribution in [0.3, 0.4) is 0 Å². The Bertz CT molecular complexity index is 750. The molecule has 2 heterocycles. The van der Waals surface area contributed by atoms with Gasteiger partial charge in [-0.3, -0.25) is 4.40 Å². The first-order chi connectivity index (χ1) is 9.69. The van der Waals surface area contributed by atoms with E-state index in [0.717, 1.165) is 10.7 Å². The molecule has 3 aromatic rings. The first-order valence-corrected chi connectivity index (χ1v) is 7.10. The quantitative estimate of drug-likeness (QED) is 0.801. The van der Waals surface area contributed by atoms with E-state index in [9.17, 15) is 4.39 Å². The molecule has 3 rings (SSSR count). The third-order valence-corrected chi connectivity index (χ3v) is 3.77. The Balaban J connectivity index is 1.98. The topological polar surface area (TPSA) is 38.6 Å². The van der Waals surface area contributed by atoms with E-state index < -0.39 is 0 Å². The Morgan fingerprint density at radius 2 is 2.30 bits per heavy atom. The first kappa shape index (κ1) is 13.1. The molecular weight excluding hydrogens is 277 g/mol. The molecule has 6 heteroatoms. The van der Waals surface area contributed by atoms with Crippen LogP contribution in [0.1, 0.15) is 11.3 Å². The number of fused-ring (bicyclic) bond motifs is 1. The van der Waals surface area contributed by atoms with E-state index in [-0.39, 0.29) is 5.82 Å². The van der Waals surface area contributed by atoms with Crippen LogP contribution >= 0.6 is 11.3 Å². The fourth-order valence-corrected chi connectivity index (χ4v) is 2.74. The van der Waals surface area contributed by atoms with Crippen LogP contribution in [0.2, 0.25) is 0 Å². The average Bonchev–Trinajstić information content (AvgIpc) is 2.98. The third kappa shape index (κ3) is 2.28. The van der Waals surface area contributed by atoms with Gasteiger partial charge in [0, 0.05) is 18.1 Å². The van der Waals surface area contributed by atoms with E-state index in [1.54, 1.807) is 30.4 Å². The lowest BCUT2D eigenvalue weighted by atomic mass is 10.2. The number of nitrogens with zero attached hydrogens (tertiary/aromatic N) is 2. The summed E-state index contributed by atoms with van der Waals surface area (Å²) in [5.74, 6) is 0.905. The molecule has 0 bridgehead atoms. The van der Waals surface area contributed by atoms with E-state index in [2.05, 4.69) is 10.3 Å². The smallest absolute Gasteiger partial charge is 0.243 e. The maximum absolute atomic E-state index is 13.3. The number of ether oxygens (including phenoxy) is 1. The minimum absolute atomic E-state index is 0.237. The van der Waals surface area contributed by atoms with Crippen molar-refractivity contribution in [3.63, 3.8) is 0 Å². The molecule has 4 nitrogen and oxygen atoms in total. The molecule has 1 aromatic carbocycles. The molecule has 1 N–H and O–H groups in total. The highest BCUT2D eigenvalue weighted by molar-refractivity contribution is 7.15. The van der Waals surface area contributed by atoms with E-state index >= 15 is 0 Å². The van der Waals surface area contributed by atoms with Gasteiger partial charge in [0.2, 0.25) is 5.88 Å². The second-order valence-corrected chi connectivity index (χ2v) is 5.34. The van der Waals surface area contributed by atoms with Crippen LogP contribution in [0.4, 0.5) is 4.39 Å². The number of rotatable bonds is 4. The summed E-state index contributed by atoms with van der Waals surface area (Å²) in [5, 5.41) is 5.08. The molecule has 0 atom stereocenters. The zero-order valence-electron chi connectivity index (χ0n) is 11.2. The Morgan fingerprint density at radius 1 is 1.45 bits per heavy atom. The molecule has 0 radical (unpaired) electrons. The number of hydrogen-bond acceptors (Lipinski definition) is 4. The van der Waals surface area contributed by atoms with Gasteiger partial charge in [0.25, 0.3) is 0 Å². The maximum atomic E-state index is 13.3. The highest BCUT2D eigenvalue weighted by atomic mass is 32.1. The predicted octanol–water partition coefficient (Wildman–Crippen LogP) is 3.36. The Labute approximate surface area is 119 Å². The number of imidazole rings is 1. The Morgan fingerprint density at radius 3 is 3.05 bits per heavy atom. The molecule has 104 valence electrons. The Hall–Kier alpha value is -1.92. The second kappa shape index (κ2) is 5.22. The number of halogens is 1. The van der Waals surface area contributed by atoms with Crippen LogP contribution in [0, 0.1) is 12.7 Å². The zero-order chi connectivity index (χ0) is 14.1. The van der Waals surface area contributed by atoms with Crippen molar-refractivity contribution >= 4 is 16.3 Å². The third-order valence-electron chi connectivity index (χ3n) is 3.01. The number of nitrogens with one attached hydrogen (secondary N) is 1. The summed E-state index contributed by atoms with van der Waals surface area (Å²) < 4.78 is 21.1. The zero-order valence-corrected chi connectivity index (χ0v) is 12.0. The lowest BCUT2D eigenvalue weighted by Crippen LogP contribution is -2.08. The van der Waals surface area contributed by atoms with Gasteiger partial charge in [0.15, 0.2) is 4.96 Å². The van der Waals surface area contributed by atoms with Crippen molar-refractivity contribution in [2.45, 2.75) is 13.5 Å². The fraction of sp³-hybridized carbons (Fsp3) is 0.214. The Kier molecular flexibility index (Phi) is 3.42. The van der Waals surface area contributed by atoms with Crippen LogP contribution in [0.5, 0.6) is 11.6 Å². The fourth-order valence-electron chi connectivity index (χ4n) is 2.02. The maximum Gasteiger partial charge on any atom is 0.243 e. The number of aromatic nitrogens is 2. The van der Waals surface area contributed by atoms with Crippen LogP contribution in [-0.4, -0.2) is 16.4 Å². The minimum Gasteiger partial charge on any atom is -0.437 e. The summed E-state index contributed by atoms with van der Waals surface area (Å²) in [6.45, 7) is 2.36. The summed E-state index contributed by atoms with van der Waals surface area (Å²) in [4.78, 5) is 5.34. The molecule has 0 amide bonds. The lowest BCUT2D eigenvalue weighted by molar-refractivity contribution is 0.455. The molecule has 20 heavy (non-hydrogen) atoms. The van der Waals surface area contributed by atoms with Crippen LogP contribution in [-0.2, 0) is 6.54 Å². The van der Waals surface area contributed by atoms with E-state index in [1.165, 1.54) is 6.07 Å². The predicted molar refractivity (Wildman–Crippen MR) is 77.0 cm³/mol.